The molecule has 1 aromatic carbocycles. The van der Waals surface area contributed by atoms with Crippen LogP contribution in [0, 0.1) is 5.92 Å². The summed E-state index contributed by atoms with van der Waals surface area (Å²) in [5, 5.41) is 4.65. The van der Waals surface area contributed by atoms with Crippen molar-refractivity contribution in [2.24, 2.45) is 16.8 Å². The Morgan fingerprint density at radius 2 is 2.05 bits per heavy atom. The first kappa shape index (κ1) is 14.5. The van der Waals surface area contributed by atoms with E-state index >= 15 is 0 Å². The molecule has 3 nitrogen and oxygen atoms in total. The minimum atomic E-state index is 0.211. The fraction of sp³-hybridized carbons (Fsp3) is 0.429. The first-order valence-corrected chi connectivity index (χ1v) is 7.76. The SMILES string of the molecule is NC(=S)N/N=C(/c1cccc(Br)c1)C1CCCCC1. The molecule has 1 aromatic rings. The van der Waals surface area contributed by atoms with Crippen LogP contribution in [0.15, 0.2) is 33.8 Å². The van der Waals surface area contributed by atoms with Gasteiger partial charge in [0.15, 0.2) is 5.11 Å². The highest BCUT2D eigenvalue weighted by Crippen LogP contribution is 2.28. The Hall–Kier alpha value is -0.940. The number of nitrogens with zero attached hydrogens (tertiary/aromatic N) is 1. The lowest BCUT2D eigenvalue weighted by Gasteiger charge is -2.23. The van der Waals surface area contributed by atoms with Crippen LogP contribution < -0.4 is 11.2 Å². The van der Waals surface area contributed by atoms with E-state index in [0.717, 1.165) is 15.7 Å². The fourth-order valence-electron chi connectivity index (χ4n) is 2.53. The number of nitrogens with one attached hydrogen (secondary N) is 1. The molecule has 0 aromatic heterocycles. The summed E-state index contributed by atoms with van der Waals surface area (Å²) in [7, 11) is 0. The standard InChI is InChI=1S/C14H18BrN3S/c15-12-8-4-7-11(9-12)13(17-18-14(16)19)10-5-2-1-3-6-10/h4,7-10H,1-3,5-6H2,(H3,16,18,19)/b17-13+. The molecule has 0 spiro atoms. The van der Waals surface area contributed by atoms with Crippen LogP contribution in [0.3, 0.4) is 0 Å². The number of thiocarbonyl (C=S) groups is 1. The Kier molecular flexibility index (Phi) is 5.34. The van der Waals surface area contributed by atoms with Gasteiger partial charge < -0.3 is 5.73 Å². The number of nitrogens with two attached hydrogens (primary N) is 1. The first-order chi connectivity index (χ1) is 9.16. The van der Waals surface area contributed by atoms with Crippen LogP contribution in [-0.2, 0) is 0 Å². The zero-order chi connectivity index (χ0) is 13.7. The summed E-state index contributed by atoms with van der Waals surface area (Å²) in [4.78, 5) is 0. The van der Waals surface area contributed by atoms with Crippen LogP contribution in [0.2, 0.25) is 0 Å². The second-order valence-electron chi connectivity index (χ2n) is 4.82. The highest BCUT2D eigenvalue weighted by atomic mass is 79.9. The van der Waals surface area contributed by atoms with Gasteiger partial charge in [-0.15, -0.1) is 0 Å². The minimum Gasteiger partial charge on any atom is -0.375 e. The van der Waals surface area contributed by atoms with Gasteiger partial charge in [0.1, 0.15) is 0 Å². The largest absolute Gasteiger partial charge is 0.375 e. The van der Waals surface area contributed by atoms with E-state index in [4.69, 9.17) is 18.0 Å². The van der Waals surface area contributed by atoms with E-state index in [0.29, 0.717) is 5.92 Å². The molecule has 0 unspecified atom stereocenters. The molecular weight excluding hydrogens is 322 g/mol. The van der Waals surface area contributed by atoms with E-state index in [1.165, 1.54) is 32.1 Å². The number of halogens is 1. The summed E-state index contributed by atoms with van der Waals surface area (Å²) in [6.07, 6.45) is 6.23. The smallest absolute Gasteiger partial charge is 0.184 e. The summed E-state index contributed by atoms with van der Waals surface area (Å²) in [6, 6.07) is 8.22. The number of rotatable bonds is 3. The maximum Gasteiger partial charge on any atom is 0.184 e. The van der Waals surface area contributed by atoms with Crippen molar-refractivity contribution < 1.29 is 0 Å². The summed E-state index contributed by atoms with van der Waals surface area (Å²) >= 11 is 8.35. The lowest BCUT2D eigenvalue weighted by molar-refractivity contribution is 0.438. The monoisotopic (exact) mass is 339 g/mol. The van der Waals surface area contributed by atoms with Gasteiger partial charge in [-0.3, -0.25) is 5.43 Å². The van der Waals surface area contributed by atoms with Gasteiger partial charge in [-0.2, -0.15) is 5.10 Å². The zero-order valence-electron chi connectivity index (χ0n) is 10.7. The summed E-state index contributed by atoms with van der Waals surface area (Å²) < 4.78 is 1.06. The molecule has 1 aliphatic carbocycles. The fourth-order valence-corrected chi connectivity index (χ4v) is 2.98. The molecule has 0 atom stereocenters. The highest BCUT2D eigenvalue weighted by molar-refractivity contribution is 9.10. The third kappa shape index (κ3) is 4.28. The van der Waals surface area contributed by atoms with Crippen molar-refractivity contribution in [3.63, 3.8) is 0 Å². The second kappa shape index (κ2) is 7.01. The molecule has 1 aliphatic rings. The Bertz CT molecular complexity index is 481. The van der Waals surface area contributed by atoms with E-state index in [2.05, 4.69) is 38.6 Å². The molecule has 0 aliphatic heterocycles. The quantitative estimate of drug-likeness (QED) is 0.502. The van der Waals surface area contributed by atoms with Crippen LogP contribution >= 0.6 is 28.1 Å². The Balaban J connectivity index is 2.27. The zero-order valence-corrected chi connectivity index (χ0v) is 13.1. The number of hydrogen-bond acceptors (Lipinski definition) is 2. The lowest BCUT2D eigenvalue weighted by atomic mass is 9.83. The molecule has 0 heterocycles. The molecule has 19 heavy (non-hydrogen) atoms. The van der Waals surface area contributed by atoms with Gasteiger partial charge in [0.05, 0.1) is 5.71 Å². The van der Waals surface area contributed by atoms with Crippen molar-refractivity contribution in [1.82, 2.24) is 5.43 Å². The molecule has 5 heteroatoms. The van der Waals surface area contributed by atoms with Gasteiger partial charge in [-0.05, 0) is 42.8 Å². The van der Waals surface area contributed by atoms with Crippen molar-refractivity contribution in [2.75, 3.05) is 0 Å². The predicted octanol–water partition coefficient (Wildman–Crippen LogP) is 3.57. The van der Waals surface area contributed by atoms with E-state index in [1.807, 2.05) is 12.1 Å². The Morgan fingerprint density at radius 1 is 1.32 bits per heavy atom. The maximum absolute atomic E-state index is 5.48. The van der Waals surface area contributed by atoms with Crippen LogP contribution in [-0.4, -0.2) is 10.8 Å². The normalized spacial score (nSPS) is 17.2. The van der Waals surface area contributed by atoms with Gasteiger partial charge in [-0.25, -0.2) is 0 Å². The van der Waals surface area contributed by atoms with E-state index in [1.54, 1.807) is 0 Å². The number of hydrogen-bond donors (Lipinski definition) is 2. The van der Waals surface area contributed by atoms with Crippen molar-refractivity contribution in [3.05, 3.63) is 34.3 Å². The van der Waals surface area contributed by atoms with Gasteiger partial charge in [0.2, 0.25) is 0 Å². The summed E-state index contributed by atoms with van der Waals surface area (Å²) in [5.74, 6) is 0.491. The van der Waals surface area contributed by atoms with Crippen LogP contribution in [0.5, 0.6) is 0 Å². The Morgan fingerprint density at radius 3 is 2.68 bits per heavy atom. The molecule has 102 valence electrons. The average Bonchev–Trinajstić information content (AvgIpc) is 2.40. The molecule has 3 N–H and O–H groups in total. The third-order valence-electron chi connectivity index (χ3n) is 3.40. The van der Waals surface area contributed by atoms with E-state index in [9.17, 15) is 0 Å². The van der Waals surface area contributed by atoms with Crippen molar-refractivity contribution in [1.29, 1.82) is 0 Å². The minimum absolute atomic E-state index is 0.211. The topological polar surface area (TPSA) is 50.4 Å². The molecule has 0 radical (unpaired) electrons. The summed E-state index contributed by atoms with van der Waals surface area (Å²) in [6.45, 7) is 0. The molecule has 2 rings (SSSR count). The molecule has 1 fully saturated rings. The second-order valence-corrected chi connectivity index (χ2v) is 6.17. The number of benzene rings is 1. The molecule has 1 saturated carbocycles. The van der Waals surface area contributed by atoms with Gasteiger partial charge in [0, 0.05) is 10.4 Å². The molecule has 0 amide bonds. The Labute approximate surface area is 127 Å². The van der Waals surface area contributed by atoms with Gasteiger partial charge in [-0.1, -0.05) is 47.3 Å². The predicted molar refractivity (Wildman–Crippen MR) is 87.2 cm³/mol. The average molecular weight is 340 g/mol. The van der Waals surface area contributed by atoms with Gasteiger partial charge in [0.25, 0.3) is 0 Å². The third-order valence-corrected chi connectivity index (χ3v) is 3.98. The van der Waals surface area contributed by atoms with Crippen molar-refractivity contribution in [3.8, 4) is 0 Å². The first-order valence-electron chi connectivity index (χ1n) is 6.56. The summed E-state index contributed by atoms with van der Waals surface area (Å²) in [5.41, 5.74) is 10.4. The van der Waals surface area contributed by atoms with E-state index in [-0.39, 0.29) is 5.11 Å². The van der Waals surface area contributed by atoms with E-state index < -0.39 is 0 Å². The lowest BCUT2D eigenvalue weighted by Crippen LogP contribution is -2.28. The molecule has 0 saturated heterocycles. The molecule has 0 bridgehead atoms. The van der Waals surface area contributed by atoms with Crippen LogP contribution in [0.25, 0.3) is 0 Å². The van der Waals surface area contributed by atoms with Crippen molar-refractivity contribution >= 4 is 39.0 Å². The van der Waals surface area contributed by atoms with Crippen LogP contribution in [0.1, 0.15) is 37.7 Å². The van der Waals surface area contributed by atoms with Crippen molar-refractivity contribution in [2.45, 2.75) is 32.1 Å². The highest BCUT2D eigenvalue weighted by Gasteiger charge is 2.21. The number of hydrazone groups is 1. The maximum atomic E-state index is 5.48. The van der Waals surface area contributed by atoms with Gasteiger partial charge >= 0.3 is 0 Å². The molecular formula is C14H18BrN3S. The van der Waals surface area contributed by atoms with Crippen LogP contribution in [0.4, 0.5) is 0 Å².